The van der Waals surface area contributed by atoms with Crippen LogP contribution in [0.4, 0.5) is 0 Å². The third-order valence-corrected chi connectivity index (χ3v) is 1.72. The molecule has 0 aliphatic rings. The Morgan fingerprint density at radius 1 is 1.29 bits per heavy atom. The van der Waals surface area contributed by atoms with Crippen molar-refractivity contribution >= 4 is 5.78 Å². The molecular weight excluding hydrogens is 180 g/mol. The van der Waals surface area contributed by atoms with Crippen LogP contribution in [0.5, 0.6) is 0 Å². The summed E-state index contributed by atoms with van der Waals surface area (Å²) in [5, 5.41) is 0. The summed E-state index contributed by atoms with van der Waals surface area (Å²) in [6.45, 7) is 7.81. The molecule has 0 amide bonds. The van der Waals surface area contributed by atoms with Gasteiger partial charge in [0.15, 0.2) is 0 Å². The van der Waals surface area contributed by atoms with Crippen LogP contribution in [-0.4, -0.2) is 23.2 Å². The first kappa shape index (κ1) is 13.1. The van der Waals surface area contributed by atoms with Gasteiger partial charge < -0.3 is 0 Å². The standard InChI is InChI=1S/C10H21N2O2/c1-8(2)5-6-10(13)7-12(14)11-9(3)4/h8-9H,5-7H2,1-4H3,(H,11,14)/q+1. The lowest BCUT2D eigenvalue weighted by Crippen LogP contribution is -2.36. The van der Waals surface area contributed by atoms with Gasteiger partial charge in [-0.15, -0.1) is 0 Å². The Balaban J connectivity index is 3.66. The smallest absolute Gasteiger partial charge is 0.282 e. The lowest BCUT2D eigenvalue weighted by molar-refractivity contribution is -0.601. The summed E-state index contributed by atoms with van der Waals surface area (Å²) in [5.74, 6) is 0.513. The highest BCUT2D eigenvalue weighted by atomic mass is 16.3. The fraction of sp³-hybridized carbons (Fsp3) is 0.900. The molecule has 0 rings (SSSR count). The van der Waals surface area contributed by atoms with Crippen molar-refractivity contribution in [2.75, 3.05) is 6.54 Å². The number of nitrogens with zero attached hydrogens (tertiary/aromatic N) is 1. The number of hydrogen-bond acceptors (Lipinski definition) is 2. The topological polar surface area (TPSA) is 49.2 Å². The van der Waals surface area contributed by atoms with Crippen LogP contribution in [-0.2, 0) is 4.79 Å². The van der Waals surface area contributed by atoms with E-state index in [1.165, 1.54) is 0 Å². The van der Waals surface area contributed by atoms with E-state index in [0.717, 1.165) is 6.42 Å². The number of nitroso groups, excluding NO2 is 1. The normalized spacial score (nSPS) is 10.7. The average Bonchev–Trinajstić information content (AvgIpc) is 1.98. The van der Waals surface area contributed by atoms with Gasteiger partial charge in [0.05, 0.1) is 10.9 Å². The van der Waals surface area contributed by atoms with Crippen molar-refractivity contribution in [3.05, 3.63) is 4.91 Å². The van der Waals surface area contributed by atoms with E-state index in [2.05, 4.69) is 19.3 Å². The van der Waals surface area contributed by atoms with Gasteiger partial charge >= 0.3 is 0 Å². The second-order valence-corrected chi connectivity index (χ2v) is 4.29. The monoisotopic (exact) mass is 201 g/mol. The van der Waals surface area contributed by atoms with Crippen LogP contribution in [0.2, 0.25) is 0 Å². The van der Waals surface area contributed by atoms with Gasteiger partial charge in [-0.2, -0.15) is 5.43 Å². The number of Topliss-reactive ketones (excluding diaryl/α,β-unsaturated/α-hetero) is 1. The third kappa shape index (κ3) is 7.71. The molecule has 0 aliphatic heterocycles. The molecule has 0 saturated carbocycles. The van der Waals surface area contributed by atoms with E-state index in [-0.39, 0.29) is 18.4 Å². The molecule has 0 bridgehead atoms. The predicted octanol–water partition coefficient (Wildman–Crippen LogP) is 1.68. The highest BCUT2D eigenvalue weighted by Gasteiger charge is 2.16. The number of carbonyl (C=O) groups excluding carboxylic acids is 1. The Hall–Kier alpha value is -0.930. The van der Waals surface area contributed by atoms with E-state index >= 15 is 0 Å². The molecular formula is C10H21N2O2+. The van der Waals surface area contributed by atoms with Crippen LogP contribution in [0.3, 0.4) is 0 Å². The average molecular weight is 201 g/mol. The van der Waals surface area contributed by atoms with E-state index in [1.807, 2.05) is 13.8 Å². The molecule has 4 nitrogen and oxygen atoms in total. The van der Waals surface area contributed by atoms with E-state index in [4.69, 9.17) is 0 Å². The van der Waals surface area contributed by atoms with E-state index in [9.17, 15) is 9.70 Å². The second-order valence-electron chi connectivity index (χ2n) is 4.29. The van der Waals surface area contributed by atoms with Gasteiger partial charge in [-0.25, -0.2) is 0 Å². The first-order valence-corrected chi connectivity index (χ1v) is 5.14. The maximum atomic E-state index is 11.3. The van der Waals surface area contributed by atoms with Gasteiger partial charge in [-0.1, -0.05) is 13.8 Å². The Morgan fingerprint density at radius 2 is 1.86 bits per heavy atom. The molecule has 0 aromatic rings. The van der Waals surface area contributed by atoms with Crippen molar-refractivity contribution in [2.24, 2.45) is 5.92 Å². The zero-order chi connectivity index (χ0) is 11.1. The van der Waals surface area contributed by atoms with Gasteiger partial charge in [0, 0.05) is 6.42 Å². The molecule has 4 heteroatoms. The number of nitrogens with one attached hydrogen (secondary N) is 1. The second kappa shape index (κ2) is 6.51. The molecule has 82 valence electrons. The highest BCUT2D eigenvalue weighted by molar-refractivity contribution is 5.79. The molecule has 0 fully saturated rings. The van der Waals surface area contributed by atoms with Crippen molar-refractivity contribution in [3.8, 4) is 0 Å². The van der Waals surface area contributed by atoms with Crippen molar-refractivity contribution in [3.63, 3.8) is 0 Å². The molecule has 0 aromatic heterocycles. The van der Waals surface area contributed by atoms with Gasteiger partial charge in [-0.3, -0.25) is 4.79 Å². The minimum Gasteiger partial charge on any atom is -0.292 e. The van der Waals surface area contributed by atoms with E-state index in [1.54, 1.807) is 0 Å². The van der Waals surface area contributed by atoms with Crippen LogP contribution in [0.1, 0.15) is 40.5 Å². The predicted molar refractivity (Wildman–Crippen MR) is 55.8 cm³/mol. The molecule has 0 atom stereocenters. The summed E-state index contributed by atoms with van der Waals surface area (Å²) in [5.41, 5.74) is 2.62. The molecule has 0 unspecified atom stereocenters. The van der Waals surface area contributed by atoms with E-state index < -0.39 is 0 Å². The van der Waals surface area contributed by atoms with E-state index in [0.29, 0.717) is 17.2 Å². The molecule has 0 aliphatic carbocycles. The van der Waals surface area contributed by atoms with Crippen LogP contribution in [0.15, 0.2) is 0 Å². The summed E-state index contributed by atoms with van der Waals surface area (Å²) in [7, 11) is 0. The third-order valence-electron chi connectivity index (χ3n) is 1.72. The van der Waals surface area contributed by atoms with Crippen molar-refractivity contribution in [2.45, 2.75) is 46.6 Å². The molecule has 0 aromatic carbocycles. The lowest BCUT2D eigenvalue weighted by Gasteiger charge is -2.02. The maximum Gasteiger partial charge on any atom is 0.282 e. The SMILES string of the molecule is CC(C)CCC(=O)C[N+](=O)NC(C)C. The zero-order valence-corrected chi connectivity index (χ0v) is 9.54. The Kier molecular flexibility index (Phi) is 6.08. The van der Waals surface area contributed by atoms with Gasteiger partial charge in [-0.05, 0) is 26.2 Å². The van der Waals surface area contributed by atoms with Crippen LogP contribution < -0.4 is 5.43 Å². The van der Waals surface area contributed by atoms with Crippen molar-refractivity contribution in [1.82, 2.24) is 5.43 Å². The first-order chi connectivity index (χ1) is 6.41. The molecule has 0 spiro atoms. The lowest BCUT2D eigenvalue weighted by atomic mass is 10.1. The molecule has 0 radical (unpaired) electrons. The number of carbonyl (C=O) groups is 1. The number of rotatable bonds is 7. The van der Waals surface area contributed by atoms with Gasteiger partial charge in [0.1, 0.15) is 4.87 Å². The largest absolute Gasteiger partial charge is 0.292 e. The molecule has 14 heavy (non-hydrogen) atoms. The number of ketones is 1. The quantitative estimate of drug-likeness (QED) is 0.503. The van der Waals surface area contributed by atoms with Gasteiger partial charge in [0.2, 0.25) is 5.78 Å². The Morgan fingerprint density at radius 3 is 2.29 bits per heavy atom. The molecule has 0 heterocycles. The number of hydrazine groups is 1. The van der Waals surface area contributed by atoms with Gasteiger partial charge in [0.25, 0.3) is 6.54 Å². The first-order valence-electron chi connectivity index (χ1n) is 5.14. The van der Waals surface area contributed by atoms with Crippen LogP contribution in [0, 0.1) is 10.8 Å². The molecule has 1 N–H and O–H groups in total. The van der Waals surface area contributed by atoms with Crippen molar-refractivity contribution in [1.29, 1.82) is 0 Å². The summed E-state index contributed by atoms with van der Waals surface area (Å²) < 4.78 is 0. The summed E-state index contributed by atoms with van der Waals surface area (Å²) in [6, 6.07) is 0.0744. The van der Waals surface area contributed by atoms with Crippen LogP contribution >= 0.6 is 0 Å². The maximum absolute atomic E-state index is 11.3. The summed E-state index contributed by atoms with van der Waals surface area (Å²) >= 11 is 0. The minimum absolute atomic E-state index is 0.00171. The highest BCUT2D eigenvalue weighted by Crippen LogP contribution is 2.03. The van der Waals surface area contributed by atoms with Crippen molar-refractivity contribution < 1.29 is 9.66 Å². The zero-order valence-electron chi connectivity index (χ0n) is 9.54. The fourth-order valence-corrected chi connectivity index (χ4v) is 1.02. The Bertz CT molecular complexity index is 200. The Labute approximate surface area is 85.6 Å². The molecule has 0 saturated heterocycles. The van der Waals surface area contributed by atoms with Crippen LogP contribution in [0.25, 0.3) is 0 Å². The number of hydrogen-bond donors (Lipinski definition) is 1. The summed E-state index contributed by atoms with van der Waals surface area (Å²) in [4.78, 5) is 23.0. The fourth-order valence-electron chi connectivity index (χ4n) is 1.02. The minimum atomic E-state index is -0.0507. The summed E-state index contributed by atoms with van der Waals surface area (Å²) in [6.07, 6.45) is 1.35.